The van der Waals surface area contributed by atoms with E-state index in [0.29, 0.717) is 5.41 Å². The number of aryl methyl sites for hydroxylation is 2. The Bertz CT molecular complexity index is 803. The molecule has 0 spiro atoms. The van der Waals surface area contributed by atoms with Gasteiger partial charge in [0.1, 0.15) is 0 Å². The van der Waals surface area contributed by atoms with Crippen molar-refractivity contribution in [2.75, 3.05) is 0 Å². The van der Waals surface area contributed by atoms with Crippen molar-refractivity contribution in [1.82, 2.24) is 4.98 Å². The van der Waals surface area contributed by atoms with Crippen molar-refractivity contribution in [3.63, 3.8) is 0 Å². The first-order valence-corrected chi connectivity index (χ1v) is 11.3. The largest absolute Gasteiger partial charge is 0.461 e. The van der Waals surface area contributed by atoms with Gasteiger partial charge in [0.2, 0.25) is 0 Å². The molecule has 0 radical (unpaired) electrons. The van der Waals surface area contributed by atoms with Gasteiger partial charge in [0.05, 0.1) is 17.4 Å². The molecule has 1 heterocycles. The number of pyridine rings is 1. The minimum absolute atomic E-state index is 0.214. The highest BCUT2D eigenvalue weighted by atomic mass is 79.9. The maximum absolute atomic E-state index is 13.1. The third-order valence-corrected chi connectivity index (χ3v) is 6.09. The average Bonchev–Trinajstić information content (AvgIpc) is 2.55. The fourth-order valence-electron chi connectivity index (χ4n) is 3.65. The first kappa shape index (κ1) is 24.1. The van der Waals surface area contributed by atoms with E-state index in [4.69, 9.17) is 14.5 Å². The number of rotatable bonds is 5. The maximum atomic E-state index is 13.1. The summed E-state index contributed by atoms with van der Waals surface area (Å²) in [6.45, 7) is 18.1. The summed E-state index contributed by atoms with van der Waals surface area (Å²) in [4.78, 5) is 17.8. The van der Waals surface area contributed by atoms with E-state index in [1.54, 1.807) is 0 Å². The highest BCUT2D eigenvalue weighted by Crippen LogP contribution is 2.44. The Balaban J connectivity index is 2.68. The van der Waals surface area contributed by atoms with Gasteiger partial charge < -0.3 is 9.47 Å². The summed E-state index contributed by atoms with van der Waals surface area (Å²) < 4.78 is 12.8. The zero-order chi connectivity index (χ0) is 22.1. The van der Waals surface area contributed by atoms with Gasteiger partial charge >= 0.3 is 5.97 Å². The summed E-state index contributed by atoms with van der Waals surface area (Å²) >= 11 is 3.77. The number of carbonyl (C=O) groups excluding carboxylic acids is 1. The molecule has 0 saturated heterocycles. The topological polar surface area (TPSA) is 48.4 Å². The number of hydrogen-bond donors (Lipinski definition) is 0. The van der Waals surface area contributed by atoms with Crippen LogP contribution in [0.15, 0.2) is 10.5 Å². The van der Waals surface area contributed by atoms with Crippen LogP contribution in [0, 0.1) is 19.3 Å². The van der Waals surface area contributed by atoms with Crippen LogP contribution in [0.1, 0.15) is 96.3 Å². The van der Waals surface area contributed by atoms with E-state index in [-0.39, 0.29) is 12.1 Å². The van der Waals surface area contributed by atoms with Gasteiger partial charge in [-0.1, -0.05) is 19.9 Å². The van der Waals surface area contributed by atoms with Crippen LogP contribution < -0.4 is 0 Å². The van der Waals surface area contributed by atoms with Crippen molar-refractivity contribution in [1.29, 1.82) is 0 Å². The van der Waals surface area contributed by atoms with E-state index in [1.807, 2.05) is 48.5 Å². The summed E-state index contributed by atoms with van der Waals surface area (Å²) in [6.07, 6.45) is 4.35. The standard InChI is InChI=1S/C24H36BrNO3/c1-14(2)28-22(27)21(29-23(5,6)7)18-15(3)26-16(4)20(25)19(18)17-10-12-24(8,9)13-11-17/h10,14,21H,11-13H2,1-9H3. The molecule has 1 aromatic heterocycles. The molecule has 162 valence electrons. The number of ether oxygens (including phenoxy) is 2. The van der Waals surface area contributed by atoms with Gasteiger partial charge in [0.25, 0.3) is 0 Å². The molecular formula is C24H36BrNO3. The van der Waals surface area contributed by atoms with Crippen molar-refractivity contribution < 1.29 is 14.3 Å². The molecule has 0 bridgehead atoms. The second-order valence-corrected chi connectivity index (χ2v) is 10.9. The Labute approximate surface area is 184 Å². The Morgan fingerprint density at radius 1 is 1.21 bits per heavy atom. The smallest absolute Gasteiger partial charge is 0.340 e. The third-order valence-electron chi connectivity index (χ3n) is 5.12. The second-order valence-electron chi connectivity index (χ2n) is 10.1. The van der Waals surface area contributed by atoms with Crippen LogP contribution in [0.25, 0.3) is 5.57 Å². The number of nitrogens with zero attached hydrogens (tertiary/aromatic N) is 1. The molecule has 0 fully saturated rings. The molecule has 29 heavy (non-hydrogen) atoms. The van der Waals surface area contributed by atoms with E-state index < -0.39 is 11.7 Å². The lowest BCUT2D eigenvalue weighted by Gasteiger charge is -2.33. The van der Waals surface area contributed by atoms with Crippen molar-refractivity contribution in [3.05, 3.63) is 33.1 Å². The summed E-state index contributed by atoms with van der Waals surface area (Å²) in [6, 6.07) is 0. The molecule has 1 aliphatic carbocycles. The zero-order valence-electron chi connectivity index (χ0n) is 19.4. The summed E-state index contributed by atoms with van der Waals surface area (Å²) in [7, 11) is 0. The van der Waals surface area contributed by atoms with Crippen LogP contribution in [0.4, 0.5) is 0 Å². The van der Waals surface area contributed by atoms with E-state index in [2.05, 4.69) is 35.9 Å². The van der Waals surface area contributed by atoms with Crippen molar-refractivity contribution in [3.8, 4) is 0 Å². The van der Waals surface area contributed by atoms with Crippen molar-refractivity contribution >= 4 is 27.5 Å². The third kappa shape index (κ3) is 6.14. The molecule has 4 nitrogen and oxygen atoms in total. The summed E-state index contributed by atoms with van der Waals surface area (Å²) in [5, 5.41) is 0. The van der Waals surface area contributed by atoms with Gasteiger partial charge in [-0.05, 0) is 94.6 Å². The number of carbonyl (C=O) groups is 1. The highest BCUT2D eigenvalue weighted by molar-refractivity contribution is 9.10. The van der Waals surface area contributed by atoms with E-state index in [1.165, 1.54) is 5.57 Å². The number of halogens is 1. The zero-order valence-corrected chi connectivity index (χ0v) is 21.0. The molecule has 5 heteroatoms. The van der Waals surface area contributed by atoms with Crippen LogP contribution in [0.2, 0.25) is 0 Å². The fraction of sp³-hybridized carbons (Fsp3) is 0.667. The van der Waals surface area contributed by atoms with E-state index in [9.17, 15) is 4.79 Å². The monoisotopic (exact) mass is 465 g/mol. The molecule has 1 unspecified atom stereocenters. The molecule has 0 amide bonds. The minimum Gasteiger partial charge on any atom is -0.461 e. The Morgan fingerprint density at radius 3 is 2.31 bits per heavy atom. The SMILES string of the molecule is Cc1nc(C)c(C(OC(C)(C)C)C(=O)OC(C)C)c(C2=CCC(C)(C)CC2)c1Br. The van der Waals surface area contributed by atoms with Crippen molar-refractivity contribution in [2.45, 2.75) is 99.4 Å². The number of allylic oxidation sites excluding steroid dienone is 2. The van der Waals surface area contributed by atoms with Gasteiger partial charge in [0.15, 0.2) is 6.10 Å². The molecule has 0 aliphatic heterocycles. The number of esters is 1. The lowest BCUT2D eigenvalue weighted by Crippen LogP contribution is -2.31. The summed E-state index contributed by atoms with van der Waals surface area (Å²) in [5.74, 6) is -0.367. The lowest BCUT2D eigenvalue weighted by molar-refractivity contribution is -0.171. The van der Waals surface area contributed by atoms with Gasteiger partial charge in [-0.25, -0.2) is 4.79 Å². The van der Waals surface area contributed by atoms with Crippen LogP contribution in [0.5, 0.6) is 0 Å². The predicted octanol–water partition coefficient (Wildman–Crippen LogP) is 6.86. The minimum atomic E-state index is -0.826. The molecule has 2 rings (SSSR count). The maximum Gasteiger partial charge on any atom is 0.340 e. The summed E-state index contributed by atoms with van der Waals surface area (Å²) in [5.41, 5.74) is 4.62. The van der Waals surface area contributed by atoms with Gasteiger partial charge in [-0.15, -0.1) is 0 Å². The molecule has 0 aromatic carbocycles. The fourth-order valence-corrected chi connectivity index (χ4v) is 4.21. The van der Waals surface area contributed by atoms with Gasteiger partial charge in [-0.2, -0.15) is 0 Å². The predicted molar refractivity (Wildman–Crippen MR) is 122 cm³/mol. The quantitative estimate of drug-likeness (QED) is 0.445. The van der Waals surface area contributed by atoms with E-state index in [0.717, 1.165) is 46.2 Å². The number of hydrogen-bond acceptors (Lipinski definition) is 4. The second kappa shape index (κ2) is 8.89. The lowest BCUT2D eigenvalue weighted by atomic mass is 9.76. The average molecular weight is 466 g/mol. The first-order valence-electron chi connectivity index (χ1n) is 10.5. The van der Waals surface area contributed by atoms with Crippen LogP contribution in [-0.2, 0) is 14.3 Å². The normalized spacial score (nSPS) is 17.8. The van der Waals surface area contributed by atoms with Crippen LogP contribution in [-0.4, -0.2) is 22.7 Å². The van der Waals surface area contributed by atoms with Gasteiger partial charge in [-0.3, -0.25) is 4.98 Å². The molecule has 0 N–H and O–H groups in total. The van der Waals surface area contributed by atoms with Crippen LogP contribution >= 0.6 is 15.9 Å². The molecule has 1 atom stereocenters. The first-order chi connectivity index (χ1) is 13.2. The molecule has 1 aromatic rings. The highest BCUT2D eigenvalue weighted by Gasteiger charge is 2.35. The van der Waals surface area contributed by atoms with E-state index >= 15 is 0 Å². The Kier molecular flexibility index (Phi) is 7.38. The Hall–Kier alpha value is -1.20. The number of aromatic nitrogens is 1. The molecular weight excluding hydrogens is 430 g/mol. The van der Waals surface area contributed by atoms with Crippen LogP contribution in [0.3, 0.4) is 0 Å². The molecule has 1 aliphatic rings. The van der Waals surface area contributed by atoms with Crippen molar-refractivity contribution in [2.24, 2.45) is 5.41 Å². The van der Waals surface area contributed by atoms with Gasteiger partial charge in [0, 0.05) is 21.3 Å². The molecule has 0 saturated carbocycles. The Morgan fingerprint density at radius 2 is 1.83 bits per heavy atom.